The first-order chi connectivity index (χ1) is 10.8. The van der Waals surface area contributed by atoms with Crippen LogP contribution in [0.5, 0.6) is 5.88 Å². The van der Waals surface area contributed by atoms with E-state index in [1.165, 1.54) is 19.8 Å². The molecular formula is C14H18N6O2. The van der Waals surface area contributed by atoms with E-state index >= 15 is 0 Å². The van der Waals surface area contributed by atoms with E-state index in [0.29, 0.717) is 24.0 Å². The summed E-state index contributed by atoms with van der Waals surface area (Å²) >= 11 is 0. The summed E-state index contributed by atoms with van der Waals surface area (Å²) < 4.78 is 6.86. The second-order valence-corrected chi connectivity index (χ2v) is 5.32. The Bertz CT molecular complexity index is 630. The molecule has 1 aliphatic rings. The van der Waals surface area contributed by atoms with Crippen LogP contribution in [0.25, 0.3) is 0 Å². The van der Waals surface area contributed by atoms with Gasteiger partial charge in [0, 0.05) is 25.7 Å². The summed E-state index contributed by atoms with van der Waals surface area (Å²) in [7, 11) is 1.52. The molecule has 3 heterocycles. The normalized spacial score (nSPS) is 18.2. The van der Waals surface area contributed by atoms with Gasteiger partial charge < -0.3 is 9.64 Å². The van der Waals surface area contributed by atoms with Gasteiger partial charge in [0.05, 0.1) is 7.11 Å². The molecule has 116 valence electrons. The Labute approximate surface area is 128 Å². The number of likely N-dealkylation sites (tertiary alicyclic amines) is 1. The number of carbonyl (C=O) groups excluding carboxylic acids is 1. The van der Waals surface area contributed by atoms with Crippen molar-refractivity contribution in [3.8, 4) is 5.88 Å². The zero-order valence-corrected chi connectivity index (χ0v) is 12.4. The maximum absolute atomic E-state index is 12.6. The summed E-state index contributed by atoms with van der Waals surface area (Å²) in [5.41, 5.74) is 0.369. The highest BCUT2D eigenvalue weighted by atomic mass is 16.5. The van der Waals surface area contributed by atoms with Gasteiger partial charge in [-0.2, -0.15) is 5.10 Å². The third-order valence-electron chi connectivity index (χ3n) is 3.79. The Morgan fingerprint density at radius 2 is 2.32 bits per heavy atom. The third kappa shape index (κ3) is 3.21. The minimum atomic E-state index is -0.0796. The molecule has 1 amide bonds. The molecule has 22 heavy (non-hydrogen) atoms. The number of aromatic nitrogens is 5. The van der Waals surface area contributed by atoms with Crippen molar-refractivity contribution < 1.29 is 9.53 Å². The van der Waals surface area contributed by atoms with Gasteiger partial charge in [-0.1, -0.05) is 0 Å². The first-order valence-electron chi connectivity index (χ1n) is 7.24. The first kappa shape index (κ1) is 14.4. The maximum Gasteiger partial charge on any atom is 0.272 e. The monoisotopic (exact) mass is 302 g/mol. The Hall–Kier alpha value is -2.51. The number of piperidine rings is 1. The van der Waals surface area contributed by atoms with Gasteiger partial charge in [0.15, 0.2) is 0 Å². The van der Waals surface area contributed by atoms with Crippen LogP contribution in [-0.2, 0) is 6.54 Å². The molecule has 0 aromatic carbocycles. The average Bonchev–Trinajstić information content (AvgIpc) is 3.07. The average molecular weight is 302 g/mol. The second-order valence-electron chi connectivity index (χ2n) is 5.32. The second kappa shape index (κ2) is 6.50. The largest absolute Gasteiger partial charge is 0.481 e. The molecule has 1 aliphatic heterocycles. The molecule has 0 bridgehead atoms. The molecule has 3 rings (SSSR count). The Morgan fingerprint density at radius 1 is 1.41 bits per heavy atom. The van der Waals surface area contributed by atoms with Gasteiger partial charge in [0.1, 0.15) is 24.7 Å². The van der Waals surface area contributed by atoms with Gasteiger partial charge in [-0.25, -0.2) is 15.0 Å². The van der Waals surface area contributed by atoms with Crippen molar-refractivity contribution >= 4 is 5.91 Å². The van der Waals surface area contributed by atoms with Gasteiger partial charge >= 0.3 is 0 Å². The number of hydrogen-bond acceptors (Lipinski definition) is 6. The molecule has 1 saturated heterocycles. The zero-order valence-electron chi connectivity index (χ0n) is 12.4. The van der Waals surface area contributed by atoms with E-state index in [4.69, 9.17) is 4.74 Å². The molecule has 8 heteroatoms. The van der Waals surface area contributed by atoms with Crippen molar-refractivity contribution in [3.05, 3.63) is 30.7 Å². The summed E-state index contributed by atoms with van der Waals surface area (Å²) in [6.45, 7) is 2.22. The lowest BCUT2D eigenvalue weighted by molar-refractivity contribution is 0.0653. The lowest BCUT2D eigenvalue weighted by Gasteiger charge is -2.32. The fourth-order valence-electron chi connectivity index (χ4n) is 2.72. The van der Waals surface area contributed by atoms with Crippen molar-refractivity contribution in [2.24, 2.45) is 5.92 Å². The van der Waals surface area contributed by atoms with Crippen LogP contribution in [0.2, 0.25) is 0 Å². The first-order valence-corrected chi connectivity index (χ1v) is 7.24. The van der Waals surface area contributed by atoms with Crippen LogP contribution in [0.4, 0.5) is 0 Å². The number of ether oxygens (including phenoxy) is 1. The van der Waals surface area contributed by atoms with E-state index in [1.807, 2.05) is 9.58 Å². The van der Waals surface area contributed by atoms with Crippen LogP contribution in [0.15, 0.2) is 25.0 Å². The highest BCUT2D eigenvalue weighted by Gasteiger charge is 2.26. The van der Waals surface area contributed by atoms with E-state index in [-0.39, 0.29) is 5.91 Å². The molecule has 8 nitrogen and oxygen atoms in total. The minimum Gasteiger partial charge on any atom is -0.481 e. The molecule has 0 aliphatic carbocycles. The van der Waals surface area contributed by atoms with Crippen molar-refractivity contribution in [3.63, 3.8) is 0 Å². The quantitative estimate of drug-likeness (QED) is 0.823. The Morgan fingerprint density at radius 3 is 3.09 bits per heavy atom. The number of rotatable bonds is 4. The maximum atomic E-state index is 12.6. The van der Waals surface area contributed by atoms with Crippen LogP contribution in [0.1, 0.15) is 23.3 Å². The summed E-state index contributed by atoms with van der Waals surface area (Å²) in [5, 5.41) is 4.13. The molecule has 2 aromatic rings. The lowest BCUT2D eigenvalue weighted by atomic mass is 9.98. The van der Waals surface area contributed by atoms with Crippen molar-refractivity contribution in [2.45, 2.75) is 19.4 Å². The number of nitrogens with zero attached hydrogens (tertiary/aromatic N) is 6. The minimum absolute atomic E-state index is 0.0796. The van der Waals surface area contributed by atoms with Crippen molar-refractivity contribution in [1.82, 2.24) is 29.6 Å². The summed E-state index contributed by atoms with van der Waals surface area (Å²) in [5.74, 6) is 0.696. The van der Waals surface area contributed by atoms with Gasteiger partial charge in [-0.15, -0.1) is 0 Å². The zero-order chi connectivity index (χ0) is 15.4. The predicted octanol–water partition coefficient (Wildman–Crippen LogP) is 0.629. The van der Waals surface area contributed by atoms with E-state index in [1.54, 1.807) is 12.4 Å². The molecular weight excluding hydrogens is 284 g/mol. The Kier molecular flexibility index (Phi) is 4.27. The van der Waals surface area contributed by atoms with Gasteiger partial charge in [0.25, 0.3) is 5.91 Å². The molecule has 0 spiro atoms. The van der Waals surface area contributed by atoms with E-state index in [2.05, 4.69) is 20.1 Å². The molecule has 2 aromatic heterocycles. The van der Waals surface area contributed by atoms with Crippen LogP contribution in [0.3, 0.4) is 0 Å². The number of amides is 1. The summed E-state index contributed by atoms with van der Waals surface area (Å²) in [4.78, 5) is 26.3. The fraction of sp³-hybridized carbons (Fsp3) is 0.500. The van der Waals surface area contributed by atoms with E-state index in [9.17, 15) is 4.79 Å². The van der Waals surface area contributed by atoms with Crippen LogP contribution < -0.4 is 4.74 Å². The van der Waals surface area contributed by atoms with Crippen LogP contribution in [-0.4, -0.2) is 55.7 Å². The van der Waals surface area contributed by atoms with Gasteiger partial charge in [-0.05, 0) is 18.8 Å². The third-order valence-corrected chi connectivity index (χ3v) is 3.79. The van der Waals surface area contributed by atoms with Gasteiger partial charge in [-0.3, -0.25) is 9.48 Å². The number of methoxy groups -OCH3 is 1. The SMILES string of the molecule is COc1cc(C(=O)N2CCCC(Cn3cncn3)C2)ncn1. The lowest BCUT2D eigenvalue weighted by Crippen LogP contribution is -2.41. The van der Waals surface area contributed by atoms with Crippen LogP contribution >= 0.6 is 0 Å². The highest BCUT2D eigenvalue weighted by molar-refractivity contribution is 5.92. The molecule has 0 radical (unpaired) electrons. The topological polar surface area (TPSA) is 86.0 Å². The van der Waals surface area contributed by atoms with Crippen molar-refractivity contribution in [2.75, 3.05) is 20.2 Å². The summed E-state index contributed by atoms with van der Waals surface area (Å²) in [6, 6.07) is 1.57. The number of carbonyl (C=O) groups is 1. The smallest absolute Gasteiger partial charge is 0.272 e. The Balaban J connectivity index is 1.67. The summed E-state index contributed by atoms with van der Waals surface area (Å²) in [6.07, 6.45) is 6.64. The molecule has 0 saturated carbocycles. The predicted molar refractivity (Wildman–Crippen MR) is 77.2 cm³/mol. The van der Waals surface area contributed by atoms with E-state index in [0.717, 1.165) is 25.9 Å². The highest BCUT2D eigenvalue weighted by Crippen LogP contribution is 2.20. The molecule has 1 unspecified atom stereocenters. The molecule has 0 N–H and O–H groups in total. The fourth-order valence-corrected chi connectivity index (χ4v) is 2.72. The van der Waals surface area contributed by atoms with E-state index < -0.39 is 0 Å². The van der Waals surface area contributed by atoms with Crippen LogP contribution in [0, 0.1) is 5.92 Å². The number of hydrogen-bond donors (Lipinski definition) is 0. The van der Waals surface area contributed by atoms with Gasteiger partial charge in [0.2, 0.25) is 5.88 Å². The standard InChI is InChI=1S/C14H18N6O2/c1-22-13-5-12(16-9-17-13)14(21)19-4-2-3-11(6-19)7-20-10-15-8-18-20/h5,8-11H,2-4,6-7H2,1H3. The van der Waals surface area contributed by atoms with Crippen molar-refractivity contribution in [1.29, 1.82) is 0 Å². The molecule has 1 atom stereocenters. The molecule has 1 fully saturated rings.